The third kappa shape index (κ3) is 8.76. The van der Waals surface area contributed by atoms with Gasteiger partial charge in [-0.1, -0.05) is 42.0 Å². The molecule has 49 heavy (non-hydrogen) atoms. The van der Waals surface area contributed by atoms with E-state index in [1.165, 1.54) is 17.3 Å². The number of piperidine rings is 1. The average molecular weight is 665 g/mol. The first-order chi connectivity index (χ1) is 23.7. The molecule has 0 radical (unpaired) electrons. The SMILES string of the molecule is Cc1cc(C)c(OC(=O)N(Cc2ccc(Cn3cncn3)cc2)c2ccnc(Nc3ccc(OCC4CCCN(C)C4)c(F)c3)n2)c(C)c1. The van der Waals surface area contributed by atoms with Gasteiger partial charge in [-0.3, -0.25) is 4.90 Å². The van der Waals surface area contributed by atoms with Crippen molar-refractivity contribution in [2.45, 2.75) is 46.7 Å². The molecule has 2 aromatic heterocycles. The van der Waals surface area contributed by atoms with Crippen LogP contribution in [0.25, 0.3) is 0 Å². The molecule has 5 aromatic rings. The van der Waals surface area contributed by atoms with Crippen LogP contribution in [-0.2, 0) is 13.1 Å². The maximum absolute atomic E-state index is 15.1. The van der Waals surface area contributed by atoms with Gasteiger partial charge in [-0.25, -0.2) is 23.8 Å². The van der Waals surface area contributed by atoms with Crippen molar-refractivity contribution in [3.63, 3.8) is 0 Å². The standard InChI is InChI=1S/C37H41FN8O3/c1-25-16-26(2)35(27(3)17-25)49-37(47)46(21-29-9-7-28(8-10-29)20-45-24-39-23-41-45)34-13-14-40-36(43-34)42-31-11-12-33(32(38)18-31)48-22-30-6-5-15-44(4)19-30/h7-14,16-18,23-24,30H,5-6,15,19-22H2,1-4H3,(H,40,42,43). The van der Waals surface area contributed by atoms with E-state index in [2.05, 4.69) is 37.3 Å². The maximum Gasteiger partial charge on any atom is 0.421 e. The topological polar surface area (TPSA) is 111 Å². The van der Waals surface area contributed by atoms with Crippen LogP contribution in [0.4, 0.5) is 26.6 Å². The lowest BCUT2D eigenvalue weighted by Crippen LogP contribution is -2.34. The van der Waals surface area contributed by atoms with E-state index >= 15 is 4.39 Å². The highest BCUT2D eigenvalue weighted by Gasteiger charge is 2.23. The van der Waals surface area contributed by atoms with Gasteiger partial charge in [0.15, 0.2) is 11.6 Å². The molecule has 6 rings (SSSR count). The van der Waals surface area contributed by atoms with Crippen LogP contribution < -0.4 is 19.7 Å². The van der Waals surface area contributed by atoms with E-state index in [-0.39, 0.29) is 18.2 Å². The number of ether oxygens (including phenoxy) is 2. The third-order valence-electron chi connectivity index (χ3n) is 8.49. The van der Waals surface area contributed by atoms with Crippen molar-refractivity contribution in [3.8, 4) is 11.5 Å². The smallest absolute Gasteiger partial charge is 0.421 e. The number of amides is 1. The Bertz CT molecular complexity index is 1860. The van der Waals surface area contributed by atoms with Gasteiger partial charge in [0.05, 0.1) is 19.7 Å². The van der Waals surface area contributed by atoms with Gasteiger partial charge in [-0.2, -0.15) is 10.1 Å². The molecule has 1 N–H and O–H groups in total. The van der Waals surface area contributed by atoms with Crippen LogP contribution in [0, 0.1) is 32.5 Å². The highest BCUT2D eigenvalue weighted by Crippen LogP contribution is 2.28. The first-order valence-corrected chi connectivity index (χ1v) is 16.4. The van der Waals surface area contributed by atoms with Crippen molar-refractivity contribution in [3.05, 3.63) is 113 Å². The first-order valence-electron chi connectivity index (χ1n) is 16.4. The lowest BCUT2D eigenvalue weighted by molar-refractivity contribution is 0.147. The molecule has 0 spiro atoms. The Hall–Kier alpha value is -5.36. The van der Waals surface area contributed by atoms with E-state index < -0.39 is 11.9 Å². The van der Waals surface area contributed by atoms with Gasteiger partial charge in [0, 0.05) is 30.4 Å². The fourth-order valence-electron chi connectivity index (χ4n) is 6.14. The van der Waals surface area contributed by atoms with Gasteiger partial charge in [-0.15, -0.1) is 0 Å². The van der Waals surface area contributed by atoms with E-state index in [0.29, 0.717) is 36.3 Å². The lowest BCUT2D eigenvalue weighted by atomic mass is 10.00. The second-order valence-electron chi connectivity index (χ2n) is 12.7. The minimum atomic E-state index is -0.594. The summed E-state index contributed by atoms with van der Waals surface area (Å²) in [5.41, 5.74) is 5.14. The molecule has 12 heteroatoms. The number of nitrogens with one attached hydrogen (secondary N) is 1. The van der Waals surface area contributed by atoms with Crippen molar-refractivity contribution < 1.29 is 18.7 Å². The number of hydrogen-bond acceptors (Lipinski definition) is 9. The number of halogens is 1. The number of rotatable bonds is 11. The highest BCUT2D eigenvalue weighted by atomic mass is 19.1. The Kier molecular flexibility index (Phi) is 10.4. The van der Waals surface area contributed by atoms with Crippen molar-refractivity contribution in [2.75, 3.05) is 37.0 Å². The number of nitrogens with zero attached hydrogens (tertiary/aromatic N) is 7. The van der Waals surface area contributed by atoms with Crippen LogP contribution in [0.1, 0.15) is 40.7 Å². The number of hydrogen-bond donors (Lipinski definition) is 1. The summed E-state index contributed by atoms with van der Waals surface area (Å²) in [6, 6.07) is 18.1. The fraction of sp³-hybridized carbons (Fsp3) is 0.324. The Morgan fingerprint density at radius 1 is 1.04 bits per heavy atom. The van der Waals surface area contributed by atoms with Crippen LogP contribution >= 0.6 is 0 Å². The Labute approximate surface area is 285 Å². The van der Waals surface area contributed by atoms with E-state index in [0.717, 1.165) is 53.7 Å². The van der Waals surface area contributed by atoms with Gasteiger partial charge in [0.1, 0.15) is 24.2 Å². The second kappa shape index (κ2) is 15.2. The summed E-state index contributed by atoms with van der Waals surface area (Å²) in [6.07, 6.45) is 6.30. The van der Waals surface area contributed by atoms with E-state index in [4.69, 9.17) is 9.47 Å². The van der Waals surface area contributed by atoms with E-state index in [1.807, 2.05) is 57.2 Å². The normalized spacial score (nSPS) is 14.8. The number of likely N-dealkylation sites (tertiary alicyclic amines) is 1. The zero-order valence-electron chi connectivity index (χ0n) is 28.3. The summed E-state index contributed by atoms with van der Waals surface area (Å²) in [5, 5.41) is 7.23. The van der Waals surface area contributed by atoms with Crippen LogP contribution in [0.3, 0.4) is 0 Å². The molecule has 1 atom stereocenters. The molecule has 3 heterocycles. The molecule has 1 saturated heterocycles. The largest absolute Gasteiger partial charge is 0.490 e. The molecule has 1 unspecified atom stereocenters. The Balaban J connectivity index is 1.20. The molecule has 3 aromatic carbocycles. The minimum absolute atomic E-state index is 0.181. The monoisotopic (exact) mass is 664 g/mol. The second-order valence-corrected chi connectivity index (χ2v) is 12.7. The molecule has 11 nitrogen and oxygen atoms in total. The number of benzene rings is 3. The van der Waals surface area contributed by atoms with Gasteiger partial charge >= 0.3 is 6.09 Å². The molecule has 254 valence electrons. The quantitative estimate of drug-likeness (QED) is 0.162. The molecule has 0 saturated carbocycles. The van der Waals surface area contributed by atoms with Gasteiger partial charge in [-0.05, 0) is 87.7 Å². The summed E-state index contributed by atoms with van der Waals surface area (Å²) in [5.74, 6) is 1.11. The molecular weight excluding hydrogens is 623 g/mol. The first kappa shape index (κ1) is 33.5. The molecule has 0 aliphatic carbocycles. The highest BCUT2D eigenvalue weighted by molar-refractivity contribution is 5.88. The van der Waals surface area contributed by atoms with Crippen LogP contribution in [0.2, 0.25) is 0 Å². The summed E-state index contributed by atoms with van der Waals surface area (Å²) >= 11 is 0. The predicted molar refractivity (Wildman–Crippen MR) is 186 cm³/mol. The zero-order chi connectivity index (χ0) is 34.3. The summed E-state index contributed by atoms with van der Waals surface area (Å²) in [4.78, 5) is 30.6. The third-order valence-corrected chi connectivity index (χ3v) is 8.49. The molecule has 0 bridgehead atoms. The molecule has 1 fully saturated rings. The molecule has 1 aliphatic rings. The van der Waals surface area contributed by atoms with Crippen molar-refractivity contribution in [1.29, 1.82) is 0 Å². The van der Waals surface area contributed by atoms with Gasteiger partial charge < -0.3 is 19.7 Å². The predicted octanol–water partition coefficient (Wildman–Crippen LogP) is 6.85. The van der Waals surface area contributed by atoms with Crippen molar-refractivity contribution in [2.24, 2.45) is 5.92 Å². The van der Waals surface area contributed by atoms with Crippen LogP contribution in [0.15, 0.2) is 79.5 Å². The van der Waals surface area contributed by atoms with Crippen LogP contribution in [0.5, 0.6) is 11.5 Å². The van der Waals surface area contributed by atoms with Gasteiger partial charge in [0.2, 0.25) is 5.95 Å². The summed E-state index contributed by atoms with van der Waals surface area (Å²) in [7, 11) is 2.10. The molecule has 1 aliphatic heterocycles. The van der Waals surface area contributed by atoms with Crippen molar-refractivity contribution in [1.82, 2.24) is 29.6 Å². The number of carbonyl (C=O) groups is 1. The number of aromatic nitrogens is 5. The Morgan fingerprint density at radius 3 is 2.53 bits per heavy atom. The minimum Gasteiger partial charge on any atom is -0.490 e. The van der Waals surface area contributed by atoms with Crippen molar-refractivity contribution >= 4 is 23.5 Å². The lowest BCUT2D eigenvalue weighted by Gasteiger charge is -2.29. The van der Waals surface area contributed by atoms with Crippen LogP contribution in [-0.4, -0.2) is 62.5 Å². The van der Waals surface area contributed by atoms with E-state index in [1.54, 1.807) is 35.4 Å². The molecule has 1 amide bonds. The average Bonchev–Trinajstić information content (AvgIpc) is 3.59. The summed E-state index contributed by atoms with van der Waals surface area (Å²) < 4.78 is 28.7. The maximum atomic E-state index is 15.1. The number of aryl methyl sites for hydroxylation is 3. The molecular formula is C37H41FN8O3. The number of anilines is 3. The van der Waals surface area contributed by atoms with E-state index in [9.17, 15) is 4.79 Å². The number of carbonyl (C=O) groups excluding carboxylic acids is 1. The van der Waals surface area contributed by atoms with Gasteiger partial charge in [0.25, 0.3) is 0 Å². The fourth-order valence-corrected chi connectivity index (χ4v) is 6.14. The summed E-state index contributed by atoms with van der Waals surface area (Å²) in [6.45, 7) is 9.08. The zero-order valence-corrected chi connectivity index (χ0v) is 28.3. The Morgan fingerprint density at radius 2 is 1.82 bits per heavy atom.